The van der Waals surface area contributed by atoms with Gasteiger partial charge in [-0.1, -0.05) is 60.7 Å². The summed E-state index contributed by atoms with van der Waals surface area (Å²) in [7, 11) is 0. The predicted octanol–water partition coefficient (Wildman–Crippen LogP) is 3.43. The van der Waals surface area contributed by atoms with E-state index in [9.17, 15) is 0 Å². The molecule has 2 rings (SSSR count). The van der Waals surface area contributed by atoms with Crippen LogP contribution in [-0.4, -0.2) is 6.72 Å². The van der Waals surface area contributed by atoms with Crippen LogP contribution >= 0.6 is 0 Å². The van der Waals surface area contributed by atoms with Gasteiger partial charge in [0.1, 0.15) is 0 Å². The van der Waals surface area contributed by atoms with Gasteiger partial charge < -0.3 is 5.73 Å². The van der Waals surface area contributed by atoms with Crippen molar-refractivity contribution < 1.29 is 0 Å². The van der Waals surface area contributed by atoms with Gasteiger partial charge in [0.15, 0.2) is 0 Å². The van der Waals surface area contributed by atoms with Crippen LogP contribution in [-0.2, 0) is 0 Å². The van der Waals surface area contributed by atoms with Gasteiger partial charge in [0.25, 0.3) is 0 Å². The van der Waals surface area contributed by atoms with E-state index in [1.165, 1.54) is 0 Å². The number of benzene rings is 2. The van der Waals surface area contributed by atoms with Crippen molar-refractivity contribution in [3.05, 3.63) is 77.9 Å². The van der Waals surface area contributed by atoms with Crippen LogP contribution in [0.4, 0.5) is 0 Å². The molecule has 0 aliphatic heterocycles. The van der Waals surface area contributed by atoms with Gasteiger partial charge in [-0.25, -0.2) is 0 Å². The lowest BCUT2D eigenvalue weighted by molar-refractivity contribution is 0.911. The molecule has 0 aliphatic carbocycles. The maximum absolute atomic E-state index is 6.14. The van der Waals surface area contributed by atoms with E-state index in [4.69, 9.17) is 5.73 Å². The maximum Gasteiger partial charge on any atom is 0.0673 e. The van der Waals surface area contributed by atoms with Crippen LogP contribution in [0.5, 0.6) is 0 Å². The summed E-state index contributed by atoms with van der Waals surface area (Å²) in [4.78, 5) is 4.05. The Bertz CT molecular complexity index is 530. The van der Waals surface area contributed by atoms with Crippen LogP contribution in [0.1, 0.15) is 17.2 Å². The summed E-state index contributed by atoms with van der Waals surface area (Å²) >= 11 is 0. The van der Waals surface area contributed by atoms with E-state index >= 15 is 0 Å². The van der Waals surface area contributed by atoms with Gasteiger partial charge in [-0.3, -0.25) is 4.99 Å². The van der Waals surface area contributed by atoms with Crippen LogP contribution in [0.25, 0.3) is 5.70 Å². The Morgan fingerprint density at radius 1 is 1.00 bits per heavy atom. The molecular weight excluding hydrogens is 220 g/mol. The molecule has 0 radical (unpaired) electrons. The highest BCUT2D eigenvalue weighted by atomic mass is 14.7. The molecule has 18 heavy (non-hydrogen) atoms. The predicted molar refractivity (Wildman–Crippen MR) is 77.3 cm³/mol. The summed E-state index contributed by atoms with van der Waals surface area (Å²) in [5, 5.41) is 0. The Balaban J connectivity index is 2.28. The Labute approximate surface area is 107 Å². The van der Waals surface area contributed by atoms with Gasteiger partial charge >= 0.3 is 0 Å². The van der Waals surface area contributed by atoms with Gasteiger partial charge in [0, 0.05) is 0 Å². The number of hydrogen-bond donors (Lipinski definition) is 1. The monoisotopic (exact) mass is 236 g/mol. The van der Waals surface area contributed by atoms with Gasteiger partial charge in [0.05, 0.1) is 11.7 Å². The fourth-order valence-electron chi connectivity index (χ4n) is 1.79. The lowest BCUT2D eigenvalue weighted by Gasteiger charge is -2.09. The molecule has 2 heteroatoms. The van der Waals surface area contributed by atoms with Crippen molar-refractivity contribution in [1.29, 1.82) is 0 Å². The standard InChI is InChI=1S/C16H16N2/c1-18-16(14-10-6-3-7-11-14)12-15(17)13-8-4-2-5-9-13/h2-12,15H,1,17H2/b16-12-. The van der Waals surface area contributed by atoms with Gasteiger partial charge in [0.2, 0.25) is 0 Å². The van der Waals surface area contributed by atoms with Crippen molar-refractivity contribution in [3.63, 3.8) is 0 Å². The van der Waals surface area contributed by atoms with Crippen molar-refractivity contribution in [3.8, 4) is 0 Å². The van der Waals surface area contributed by atoms with Crippen molar-refractivity contribution in [2.24, 2.45) is 10.7 Å². The molecule has 0 fully saturated rings. The molecule has 0 heterocycles. The molecule has 0 saturated heterocycles. The Kier molecular flexibility index (Phi) is 4.05. The third kappa shape index (κ3) is 2.93. The van der Waals surface area contributed by atoms with E-state index in [1.807, 2.05) is 66.7 Å². The van der Waals surface area contributed by atoms with E-state index in [2.05, 4.69) is 11.7 Å². The molecule has 2 aromatic carbocycles. The highest BCUT2D eigenvalue weighted by Gasteiger charge is 2.05. The van der Waals surface area contributed by atoms with Crippen LogP contribution < -0.4 is 5.73 Å². The van der Waals surface area contributed by atoms with E-state index < -0.39 is 0 Å². The normalized spacial score (nSPS) is 13.1. The van der Waals surface area contributed by atoms with E-state index in [1.54, 1.807) is 0 Å². The zero-order chi connectivity index (χ0) is 12.8. The summed E-state index contributed by atoms with van der Waals surface area (Å²) in [6.07, 6.45) is 1.93. The third-order valence-corrected chi connectivity index (χ3v) is 2.76. The van der Waals surface area contributed by atoms with Crippen molar-refractivity contribution in [2.75, 3.05) is 0 Å². The van der Waals surface area contributed by atoms with E-state index in [0.717, 1.165) is 16.8 Å². The zero-order valence-electron chi connectivity index (χ0n) is 10.2. The number of nitrogens with two attached hydrogens (primary N) is 1. The Morgan fingerprint density at radius 2 is 1.56 bits per heavy atom. The van der Waals surface area contributed by atoms with Gasteiger partial charge in [-0.05, 0) is 23.9 Å². The first-order valence-electron chi connectivity index (χ1n) is 5.86. The highest BCUT2D eigenvalue weighted by Crippen LogP contribution is 2.20. The van der Waals surface area contributed by atoms with Crippen molar-refractivity contribution in [1.82, 2.24) is 0 Å². The molecule has 1 atom stereocenters. The third-order valence-electron chi connectivity index (χ3n) is 2.76. The lowest BCUT2D eigenvalue weighted by Crippen LogP contribution is -2.07. The fraction of sp³-hybridized carbons (Fsp3) is 0.0625. The summed E-state index contributed by atoms with van der Waals surface area (Å²) in [6, 6.07) is 19.7. The summed E-state index contributed by atoms with van der Waals surface area (Å²) in [5.41, 5.74) is 9.05. The van der Waals surface area contributed by atoms with Crippen molar-refractivity contribution >= 4 is 12.4 Å². The van der Waals surface area contributed by atoms with Crippen LogP contribution in [0, 0.1) is 0 Å². The first-order valence-corrected chi connectivity index (χ1v) is 5.86. The molecule has 2 aromatic rings. The van der Waals surface area contributed by atoms with Gasteiger partial charge in [-0.2, -0.15) is 0 Å². The quantitative estimate of drug-likeness (QED) is 0.811. The van der Waals surface area contributed by atoms with Crippen molar-refractivity contribution in [2.45, 2.75) is 6.04 Å². The second kappa shape index (κ2) is 5.94. The highest BCUT2D eigenvalue weighted by molar-refractivity contribution is 5.68. The molecule has 0 spiro atoms. The summed E-state index contributed by atoms with van der Waals surface area (Å²) < 4.78 is 0. The largest absolute Gasteiger partial charge is 0.321 e. The summed E-state index contributed by atoms with van der Waals surface area (Å²) in [5.74, 6) is 0. The minimum atomic E-state index is -0.174. The molecule has 2 nitrogen and oxygen atoms in total. The lowest BCUT2D eigenvalue weighted by atomic mass is 10.0. The smallest absolute Gasteiger partial charge is 0.0673 e. The maximum atomic E-state index is 6.14. The molecule has 0 saturated carbocycles. The minimum Gasteiger partial charge on any atom is -0.321 e. The number of rotatable bonds is 4. The second-order valence-electron chi connectivity index (χ2n) is 4.01. The topological polar surface area (TPSA) is 38.4 Å². The Hall–Kier alpha value is -2.19. The average Bonchev–Trinajstić information content (AvgIpc) is 2.46. The zero-order valence-corrected chi connectivity index (χ0v) is 10.2. The first-order chi connectivity index (χ1) is 8.81. The van der Waals surface area contributed by atoms with Crippen LogP contribution in [0.3, 0.4) is 0 Å². The number of hydrogen-bond acceptors (Lipinski definition) is 2. The molecule has 0 bridgehead atoms. The number of nitrogens with zero attached hydrogens (tertiary/aromatic N) is 1. The number of aliphatic imine (C=N–C) groups is 1. The molecule has 0 amide bonds. The van der Waals surface area contributed by atoms with Crippen LogP contribution in [0.2, 0.25) is 0 Å². The molecule has 2 N–H and O–H groups in total. The molecular formula is C16H16N2. The average molecular weight is 236 g/mol. The molecule has 1 unspecified atom stereocenters. The first kappa shape index (κ1) is 12.3. The van der Waals surface area contributed by atoms with Crippen LogP contribution in [0.15, 0.2) is 71.7 Å². The molecule has 0 aliphatic rings. The SMILES string of the molecule is C=N/C(=C\C(N)c1ccccc1)c1ccccc1. The fourth-order valence-corrected chi connectivity index (χ4v) is 1.79. The molecule has 0 aromatic heterocycles. The molecule has 90 valence electrons. The van der Waals surface area contributed by atoms with Gasteiger partial charge in [-0.15, -0.1) is 0 Å². The summed E-state index contributed by atoms with van der Waals surface area (Å²) in [6.45, 7) is 3.61. The van der Waals surface area contributed by atoms with E-state index in [0.29, 0.717) is 0 Å². The Morgan fingerprint density at radius 3 is 2.11 bits per heavy atom. The van der Waals surface area contributed by atoms with E-state index in [-0.39, 0.29) is 6.04 Å². The minimum absolute atomic E-state index is 0.174. The second-order valence-corrected chi connectivity index (χ2v) is 4.01.